The molecule has 1 heterocycles. The highest BCUT2D eigenvalue weighted by atomic mass is 32.1. The Hall–Kier alpha value is -2.81. The predicted molar refractivity (Wildman–Crippen MR) is 95.9 cm³/mol. The highest BCUT2D eigenvalue weighted by Crippen LogP contribution is 2.37. The normalized spacial score (nSPS) is 12.1. The number of hydrogen-bond donors (Lipinski definition) is 0. The molecule has 0 amide bonds. The number of rotatable bonds is 5. The van der Waals surface area contributed by atoms with E-state index in [0.29, 0.717) is 28.9 Å². The van der Waals surface area contributed by atoms with Gasteiger partial charge in [0, 0.05) is 4.88 Å². The van der Waals surface area contributed by atoms with E-state index in [-0.39, 0.29) is 17.4 Å². The van der Waals surface area contributed by atoms with E-state index in [4.69, 9.17) is 4.74 Å². The smallest absolute Gasteiger partial charge is 0.416 e. The molecule has 3 aromatic rings. The lowest BCUT2D eigenvalue weighted by Gasteiger charge is -2.15. The lowest BCUT2D eigenvalue weighted by atomic mass is 10.1. The van der Waals surface area contributed by atoms with E-state index in [2.05, 4.69) is 0 Å². The predicted octanol–water partition coefficient (Wildman–Crippen LogP) is 6.84. The summed E-state index contributed by atoms with van der Waals surface area (Å²) in [5, 5.41) is 0. The zero-order valence-electron chi connectivity index (χ0n) is 14.5. The van der Waals surface area contributed by atoms with Crippen molar-refractivity contribution in [2.75, 3.05) is 0 Å². The molecule has 0 aliphatic rings. The van der Waals surface area contributed by atoms with Crippen LogP contribution in [0, 0.1) is 0 Å². The highest BCUT2D eigenvalue weighted by molar-refractivity contribution is 7.17. The van der Waals surface area contributed by atoms with Crippen LogP contribution in [-0.2, 0) is 19.0 Å². The van der Waals surface area contributed by atoms with Gasteiger partial charge in [-0.15, -0.1) is 11.3 Å². The zero-order valence-corrected chi connectivity index (χ0v) is 15.3. The standard InChI is InChI=1S/C20H12F6O2S/c21-19(22,23)14-6-12(7-15(9-14)20(24,25)26)11-28-16-3-1-2-13(8-16)18-5-4-17(10-27)29-18/h1-10H,11H2. The Balaban J connectivity index is 1.84. The molecule has 152 valence electrons. The van der Waals surface area contributed by atoms with Gasteiger partial charge in [0.15, 0.2) is 6.29 Å². The van der Waals surface area contributed by atoms with Crippen molar-refractivity contribution < 1.29 is 35.9 Å². The van der Waals surface area contributed by atoms with Crippen LogP contribution in [0.3, 0.4) is 0 Å². The fourth-order valence-corrected chi connectivity index (χ4v) is 3.40. The molecule has 2 aromatic carbocycles. The first-order valence-corrected chi connectivity index (χ1v) is 8.94. The second kappa shape index (κ2) is 7.90. The molecule has 0 radical (unpaired) electrons. The number of carbonyl (C=O) groups is 1. The van der Waals surface area contributed by atoms with E-state index in [9.17, 15) is 31.1 Å². The van der Waals surface area contributed by atoms with Gasteiger partial charge in [-0.3, -0.25) is 4.79 Å². The number of hydrogen-bond acceptors (Lipinski definition) is 3. The first kappa shape index (κ1) is 20.9. The van der Waals surface area contributed by atoms with Crippen LogP contribution in [0.15, 0.2) is 54.6 Å². The van der Waals surface area contributed by atoms with Gasteiger partial charge in [-0.2, -0.15) is 26.3 Å². The Morgan fingerprint density at radius 3 is 2.07 bits per heavy atom. The van der Waals surface area contributed by atoms with Crippen LogP contribution in [0.1, 0.15) is 26.4 Å². The maximum atomic E-state index is 12.9. The van der Waals surface area contributed by atoms with E-state index in [0.717, 1.165) is 4.88 Å². The number of ether oxygens (including phenoxy) is 1. The number of carbonyl (C=O) groups excluding carboxylic acids is 1. The van der Waals surface area contributed by atoms with Gasteiger partial charge < -0.3 is 4.74 Å². The van der Waals surface area contributed by atoms with Crippen molar-refractivity contribution in [3.8, 4) is 16.2 Å². The van der Waals surface area contributed by atoms with Crippen molar-refractivity contribution in [1.29, 1.82) is 0 Å². The second-order valence-electron chi connectivity index (χ2n) is 6.05. The van der Waals surface area contributed by atoms with Gasteiger partial charge in [-0.25, -0.2) is 0 Å². The van der Waals surface area contributed by atoms with Crippen LogP contribution < -0.4 is 4.74 Å². The first-order chi connectivity index (χ1) is 13.6. The summed E-state index contributed by atoms with van der Waals surface area (Å²) in [6.45, 7) is -0.472. The minimum Gasteiger partial charge on any atom is -0.489 e. The van der Waals surface area contributed by atoms with Gasteiger partial charge in [0.25, 0.3) is 0 Å². The Bertz CT molecular complexity index is 988. The fourth-order valence-electron chi connectivity index (χ4n) is 2.58. The van der Waals surface area contributed by atoms with E-state index in [1.807, 2.05) is 0 Å². The molecule has 0 aliphatic carbocycles. The summed E-state index contributed by atoms with van der Waals surface area (Å²) in [5.41, 5.74) is -2.32. The summed E-state index contributed by atoms with van der Waals surface area (Å²) in [7, 11) is 0. The molecular formula is C20H12F6O2S. The third-order valence-electron chi connectivity index (χ3n) is 3.91. The van der Waals surface area contributed by atoms with Gasteiger partial charge >= 0.3 is 12.4 Å². The summed E-state index contributed by atoms with van der Waals surface area (Å²) in [4.78, 5) is 12.1. The summed E-state index contributed by atoms with van der Waals surface area (Å²) >= 11 is 1.24. The van der Waals surface area contributed by atoms with Crippen LogP contribution in [0.5, 0.6) is 5.75 Å². The van der Waals surface area contributed by atoms with Crippen molar-refractivity contribution in [1.82, 2.24) is 0 Å². The molecule has 0 aliphatic heterocycles. The Morgan fingerprint density at radius 2 is 1.52 bits per heavy atom. The van der Waals surface area contributed by atoms with Crippen molar-refractivity contribution in [3.63, 3.8) is 0 Å². The summed E-state index contributed by atoms with van der Waals surface area (Å²) < 4.78 is 83.1. The Labute approximate surface area is 165 Å². The maximum absolute atomic E-state index is 12.9. The molecular weight excluding hydrogens is 418 g/mol. The van der Waals surface area contributed by atoms with Crippen LogP contribution in [0.25, 0.3) is 10.4 Å². The van der Waals surface area contributed by atoms with Crippen molar-refractivity contribution in [2.24, 2.45) is 0 Å². The molecule has 2 nitrogen and oxygen atoms in total. The van der Waals surface area contributed by atoms with E-state index in [1.54, 1.807) is 30.3 Å². The van der Waals surface area contributed by atoms with Crippen LogP contribution in [0.4, 0.5) is 26.3 Å². The highest BCUT2D eigenvalue weighted by Gasteiger charge is 2.36. The van der Waals surface area contributed by atoms with Gasteiger partial charge in [0.2, 0.25) is 0 Å². The lowest BCUT2D eigenvalue weighted by Crippen LogP contribution is -2.12. The van der Waals surface area contributed by atoms with Gasteiger partial charge in [-0.05, 0) is 53.6 Å². The molecule has 3 rings (SSSR count). The molecule has 0 unspecified atom stereocenters. The van der Waals surface area contributed by atoms with E-state index >= 15 is 0 Å². The minimum absolute atomic E-state index is 0.0749. The second-order valence-corrected chi connectivity index (χ2v) is 7.17. The average Bonchev–Trinajstić information content (AvgIpc) is 3.14. The van der Waals surface area contributed by atoms with Crippen LogP contribution >= 0.6 is 11.3 Å². The summed E-state index contributed by atoms with van der Waals surface area (Å²) in [6, 6.07) is 11.2. The van der Waals surface area contributed by atoms with Gasteiger partial charge in [0.1, 0.15) is 12.4 Å². The molecule has 1 aromatic heterocycles. The van der Waals surface area contributed by atoms with Crippen LogP contribution in [-0.4, -0.2) is 6.29 Å². The zero-order chi connectivity index (χ0) is 21.2. The third-order valence-corrected chi connectivity index (χ3v) is 4.97. The fraction of sp³-hybridized carbons (Fsp3) is 0.150. The van der Waals surface area contributed by atoms with E-state index < -0.39 is 30.1 Å². The molecule has 0 N–H and O–H groups in total. The van der Waals surface area contributed by atoms with Crippen molar-refractivity contribution in [2.45, 2.75) is 19.0 Å². The monoisotopic (exact) mass is 430 g/mol. The average molecular weight is 430 g/mol. The third kappa shape index (κ3) is 5.17. The topological polar surface area (TPSA) is 26.3 Å². The number of aldehydes is 1. The summed E-state index contributed by atoms with van der Waals surface area (Å²) in [5.74, 6) is 0.273. The molecule has 0 fully saturated rings. The largest absolute Gasteiger partial charge is 0.489 e. The first-order valence-electron chi connectivity index (χ1n) is 8.13. The maximum Gasteiger partial charge on any atom is 0.416 e. The molecule has 0 bridgehead atoms. The lowest BCUT2D eigenvalue weighted by molar-refractivity contribution is -0.143. The van der Waals surface area contributed by atoms with Crippen LogP contribution in [0.2, 0.25) is 0 Å². The molecule has 0 spiro atoms. The minimum atomic E-state index is -4.91. The number of benzene rings is 2. The van der Waals surface area contributed by atoms with Crippen molar-refractivity contribution >= 4 is 17.6 Å². The summed E-state index contributed by atoms with van der Waals surface area (Å²) in [6.07, 6.45) is -9.11. The molecule has 0 saturated heterocycles. The van der Waals surface area contributed by atoms with Gasteiger partial charge in [-0.1, -0.05) is 12.1 Å². The molecule has 0 saturated carbocycles. The molecule has 0 atom stereocenters. The SMILES string of the molecule is O=Cc1ccc(-c2cccc(OCc3cc(C(F)(F)F)cc(C(F)(F)F)c3)c2)s1. The number of thiophene rings is 1. The number of alkyl halides is 6. The van der Waals surface area contributed by atoms with E-state index in [1.165, 1.54) is 17.4 Å². The molecule has 29 heavy (non-hydrogen) atoms. The van der Waals surface area contributed by atoms with Crippen molar-refractivity contribution in [3.05, 3.63) is 76.2 Å². The Morgan fingerprint density at radius 1 is 0.862 bits per heavy atom. The Kier molecular flexibility index (Phi) is 5.70. The molecule has 9 heteroatoms. The number of halogens is 6. The quantitative estimate of drug-likeness (QED) is 0.327. The van der Waals surface area contributed by atoms with Gasteiger partial charge in [0.05, 0.1) is 16.0 Å².